The van der Waals surface area contributed by atoms with E-state index >= 15 is 0 Å². The molecule has 0 radical (unpaired) electrons. The molecule has 0 amide bonds. The number of benzene rings is 2. The fourth-order valence-electron chi connectivity index (χ4n) is 1.41. The molecule has 6 heteroatoms. The number of hydrogen-bond donors (Lipinski definition) is 1. The van der Waals surface area contributed by atoms with Crippen molar-refractivity contribution in [1.82, 2.24) is 0 Å². The molecule has 2 aromatic rings. The molecule has 0 bridgehead atoms. The van der Waals surface area contributed by atoms with E-state index in [1.807, 2.05) is 0 Å². The Morgan fingerprint density at radius 2 is 1.89 bits per heavy atom. The first-order valence-corrected chi connectivity index (χ1v) is 5.04. The normalized spacial score (nSPS) is 10.1. The van der Waals surface area contributed by atoms with Crippen molar-refractivity contribution in [2.45, 2.75) is 0 Å². The quantitative estimate of drug-likeness (QED) is 0.514. The Balaban J connectivity index is 2.35. The molecular weight excluding hydrogens is 239 g/mol. The molecule has 0 spiro atoms. The Kier molecular flexibility index (Phi) is 3.09. The molecule has 0 aliphatic carbocycles. The van der Waals surface area contributed by atoms with Crippen LogP contribution in [0.2, 0.25) is 0 Å². The van der Waals surface area contributed by atoms with E-state index in [1.54, 1.807) is 30.3 Å². The van der Waals surface area contributed by atoms with Gasteiger partial charge < -0.3 is 10.5 Å². The lowest BCUT2D eigenvalue weighted by atomic mass is 10.2. The number of nitro benzene ring substituents is 1. The third-order valence-electron chi connectivity index (χ3n) is 2.25. The first kappa shape index (κ1) is 11.8. The molecule has 0 aliphatic rings. The van der Waals surface area contributed by atoms with Crippen LogP contribution in [0.25, 0.3) is 0 Å². The molecule has 2 aromatic carbocycles. The zero-order valence-electron chi connectivity index (χ0n) is 9.17. The van der Waals surface area contributed by atoms with Crippen LogP contribution in [0, 0.1) is 15.9 Å². The molecular formula is C12H9FN2O3. The van der Waals surface area contributed by atoms with Gasteiger partial charge in [-0.25, -0.2) is 4.39 Å². The maximum atomic E-state index is 13.6. The van der Waals surface area contributed by atoms with E-state index in [0.29, 0.717) is 5.75 Å². The molecule has 0 unspecified atom stereocenters. The van der Waals surface area contributed by atoms with Crippen LogP contribution in [0.15, 0.2) is 42.5 Å². The third kappa shape index (κ3) is 2.37. The molecule has 2 rings (SSSR count). The number of ether oxygens (including phenoxy) is 1. The summed E-state index contributed by atoms with van der Waals surface area (Å²) in [4.78, 5) is 9.82. The van der Waals surface area contributed by atoms with E-state index in [0.717, 1.165) is 12.1 Å². The molecule has 0 aromatic heterocycles. The topological polar surface area (TPSA) is 78.4 Å². The van der Waals surface area contributed by atoms with Crippen LogP contribution in [0.3, 0.4) is 0 Å². The first-order valence-electron chi connectivity index (χ1n) is 5.04. The SMILES string of the molecule is Nc1cc(Oc2ccccc2)c(F)cc1[N+](=O)[O-]. The summed E-state index contributed by atoms with van der Waals surface area (Å²) in [5.41, 5.74) is 4.83. The summed E-state index contributed by atoms with van der Waals surface area (Å²) in [7, 11) is 0. The fraction of sp³-hybridized carbons (Fsp3) is 0. The second-order valence-electron chi connectivity index (χ2n) is 3.51. The van der Waals surface area contributed by atoms with E-state index < -0.39 is 16.4 Å². The lowest BCUT2D eigenvalue weighted by Gasteiger charge is -2.07. The molecule has 0 heterocycles. The van der Waals surface area contributed by atoms with Crippen LogP contribution in [0.4, 0.5) is 15.8 Å². The van der Waals surface area contributed by atoms with Crippen molar-refractivity contribution in [3.8, 4) is 11.5 Å². The van der Waals surface area contributed by atoms with Gasteiger partial charge in [-0.1, -0.05) is 18.2 Å². The molecule has 0 fully saturated rings. The maximum Gasteiger partial charge on any atom is 0.295 e. The van der Waals surface area contributed by atoms with Crippen LogP contribution in [0.5, 0.6) is 11.5 Å². The van der Waals surface area contributed by atoms with Crippen molar-refractivity contribution in [3.05, 3.63) is 58.4 Å². The Hall–Kier alpha value is -2.63. The second-order valence-corrected chi connectivity index (χ2v) is 3.51. The zero-order chi connectivity index (χ0) is 13.1. The van der Waals surface area contributed by atoms with Crippen molar-refractivity contribution in [2.75, 3.05) is 5.73 Å². The summed E-state index contributed by atoms with van der Waals surface area (Å²) < 4.78 is 18.8. The predicted octanol–water partition coefficient (Wildman–Crippen LogP) is 3.11. The minimum absolute atomic E-state index is 0.146. The van der Waals surface area contributed by atoms with Crippen molar-refractivity contribution < 1.29 is 14.1 Å². The Morgan fingerprint density at radius 3 is 2.50 bits per heavy atom. The smallest absolute Gasteiger partial charge is 0.295 e. The van der Waals surface area contributed by atoms with Crippen molar-refractivity contribution in [2.24, 2.45) is 0 Å². The van der Waals surface area contributed by atoms with Gasteiger partial charge in [-0.3, -0.25) is 10.1 Å². The zero-order valence-corrected chi connectivity index (χ0v) is 9.17. The largest absolute Gasteiger partial charge is 0.454 e. The maximum absolute atomic E-state index is 13.6. The predicted molar refractivity (Wildman–Crippen MR) is 64.0 cm³/mol. The van der Waals surface area contributed by atoms with E-state index in [-0.39, 0.29) is 11.4 Å². The van der Waals surface area contributed by atoms with Crippen molar-refractivity contribution >= 4 is 11.4 Å². The van der Waals surface area contributed by atoms with E-state index in [1.165, 1.54) is 0 Å². The van der Waals surface area contributed by atoms with E-state index in [9.17, 15) is 14.5 Å². The molecule has 0 aliphatic heterocycles. The number of nitrogen functional groups attached to an aromatic ring is 1. The molecule has 2 N–H and O–H groups in total. The molecule has 0 atom stereocenters. The summed E-state index contributed by atoms with van der Waals surface area (Å²) in [5.74, 6) is -0.561. The molecule has 92 valence electrons. The summed E-state index contributed by atoms with van der Waals surface area (Å²) in [5, 5.41) is 10.6. The first-order chi connectivity index (χ1) is 8.58. The van der Waals surface area contributed by atoms with Gasteiger partial charge in [0.05, 0.1) is 11.0 Å². The van der Waals surface area contributed by atoms with Gasteiger partial charge in [-0.15, -0.1) is 0 Å². The van der Waals surface area contributed by atoms with Crippen LogP contribution < -0.4 is 10.5 Å². The molecule has 0 saturated carbocycles. The summed E-state index contributed by atoms with van der Waals surface area (Å²) in [6.45, 7) is 0. The van der Waals surface area contributed by atoms with Crippen LogP contribution >= 0.6 is 0 Å². The number of halogens is 1. The van der Waals surface area contributed by atoms with Crippen molar-refractivity contribution in [3.63, 3.8) is 0 Å². The van der Waals surface area contributed by atoms with Gasteiger partial charge in [0.2, 0.25) is 0 Å². The number of nitrogens with zero attached hydrogens (tertiary/aromatic N) is 1. The minimum Gasteiger partial charge on any atom is -0.454 e. The summed E-state index contributed by atoms with van der Waals surface area (Å²) >= 11 is 0. The second kappa shape index (κ2) is 4.70. The lowest BCUT2D eigenvalue weighted by Crippen LogP contribution is -1.98. The van der Waals surface area contributed by atoms with Crippen LogP contribution in [0.1, 0.15) is 0 Å². The molecule has 18 heavy (non-hydrogen) atoms. The van der Waals surface area contributed by atoms with Gasteiger partial charge in [0, 0.05) is 6.07 Å². The Bertz CT molecular complexity index is 587. The standard InChI is InChI=1S/C12H9FN2O3/c13-9-6-11(15(16)17)10(14)7-12(9)18-8-4-2-1-3-5-8/h1-7H,14H2. The number of para-hydroxylation sites is 1. The van der Waals surface area contributed by atoms with Gasteiger partial charge in [0.15, 0.2) is 11.6 Å². The highest BCUT2D eigenvalue weighted by molar-refractivity contribution is 5.61. The monoisotopic (exact) mass is 248 g/mol. The van der Waals surface area contributed by atoms with Gasteiger partial charge in [0.25, 0.3) is 5.69 Å². The van der Waals surface area contributed by atoms with Gasteiger partial charge in [0.1, 0.15) is 11.4 Å². The highest BCUT2D eigenvalue weighted by atomic mass is 19.1. The number of anilines is 1. The minimum atomic E-state index is -0.834. The Morgan fingerprint density at radius 1 is 1.22 bits per heavy atom. The number of nitrogens with two attached hydrogens (primary N) is 1. The average molecular weight is 248 g/mol. The molecule has 0 saturated heterocycles. The average Bonchev–Trinajstić information content (AvgIpc) is 2.34. The summed E-state index contributed by atoms with van der Waals surface area (Å²) in [6.07, 6.45) is 0. The van der Waals surface area contributed by atoms with Gasteiger partial charge >= 0.3 is 0 Å². The Labute approximate surface area is 102 Å². The van der Waals surface area contributed by atoms with Gasteiger partial charge in [-0.2, -0.15) is 0 Å². The fourth-order valence-corrected chi connectivity index (χ4v) is 1.41. The van der Waals surface area contributed by atoms with Crippen molar-refractivity contribution in [1.29, 1.82) is 0 Å². The highest BCUT2D eigenvalue weighted by Gasteiger charge is 2.17. The highest BCUT2D eigenvalue weighted by Crippen LogP contribution is 2.32. The molecule has 5 nitrogen and oxygen atoms in total. The van der Waals surface area contributed by atoms with Gasteiger partial charge in [-0.05, 0) is 12.1 Å². The lowest BCUT2D eigenvalue weighted by molar-refractivity contribution is -0.384. The number of hydrogen-bond acceptors (Lipinski definition) is 4. The van der Waals surface area contributed by atoms with Crippen LogP contribution in [-0.2, 0) is 0 Å². The summed E-state index contributed by atoms with van der Waals surface area (Å²) in [6, 6.07) is 10.3. The third-order valence-corrected chi connectivity index (χ3v) is 2.25. The van der Waals surface area contributed by atoms with Crippen LogP contribution in [-0.4, -0.2) is 4.92 Å². The van der Waals surface area contributed by atoms with E-state index in [2.05, 4.69) is 0 Å². The number of nitro groups is 1. The number of rotatable bonds is 3. The van der Waals surface area contributed by atoms with E-state index in [4.69, 9.17) is 10.5 Å².